The summed E-state index contributed by atoms with van der Waals surface area (Å²) in [7, 11) is 0. The lowest BCUT2D eigenvalue weighted by molar-refractivity contribution is -0.186. The average Bonchev–Trinajstić information content (AvgIpc) is 3.07. The average molecular weight is 339 g/mol. The van der Waals surface area contributed by atoms with E-state index in [1.54, 1.807) is 0 Å². The van der Waals surface area contributed by atoms with Crippen molar-refractivity contribution in [3.05, 3.63) is 16.7 Å². The molecule has 2 aromatic heterocycles. The van der Waals surface area contributed by atoms with Crippen LogP contribution >= 0.6 is 0 Å². The summed E-state index contributed by atoms with van der Waals surface area (Å²) in [4.78, 5) is 44.9. The lowest BCUT2D eigenvalue weighted by atomic mass is 9.87. The van der Waals surface area contributed by atoms with E-state index in [0.717, 1.165) is 10.9 Å². The van der Waals surface area contributed by atoms with Crippen LogP contribution in [0.2, 0.25) is 0 Å². The Hall–Kier alpha value is -2.67. The molecule has 0 amide bonds. The number of rotatable bonds is 4. The minimum absolute atomic E-state index is 0.0560. The van der Waals surface area contributed by atoms with Crippen LogP contribution in [-0.2, 0) is 20.1 Å². The molecule has 12 nitrogen and oxygen atoms in total. The summed E-state index contributed by atoms with van der Waals surface area (Å²) in [6.45, 7) is -0.782. The number of nitrogen functional groups attached to an aromatic ring is 1. The van der Waals surface area contributed by atoms with Gasteiger partial charge in [-0.3, -0.25) is 23.9 Å². The van der Waals surface area contributed by atoms with Crippen molar-refractivity contribution in [3.63, 3.8) is 0 Å². The molecule has 0 radical (unpaired) electrons. The maximum absolute atomic E-state index is 11.8. The minimum atomic E-state index is -2.76. The summed E-state index contributed by atoms with van der Waals surface area (Å²) in [5.41, 5.74) is -0.999. The van der Waals surface area contributed by atoms with E-state index in [4.69, 9.17) is 10.5 Å². The molecule has 4 unspecified atom stereocenters. The second-order valence-electron chi connectivity index (χ2n) is 5.28. The van der Waals surface area contributed by atoms with E-state index in [2.05, 4.69) is 15.0 Å². The van der Waals surface area contributed by atoms with Crippen LogP contribution < -0.4 is 11.3 Å². The van der Waals surface area contributed by atoms with Gasteiger partial charge in [-0.05, 0) is 0 Å². The number of ether oxygens (including phenoxy) is 1. The third-order valence-electron chi connectivity index (χ3n) is 4.01. The summed E-state index contributed by atoms with van der Waals surface area (Å²) in [5.74, 6) is -0.304. The molecule has 6 N–H and O–H groups in total. The number of hydrogen-bond acceptors (Lipinski definition) is 10. The number of aldehydes is 2. The lowest BCUT2D eigenvalue weighted by Gasteiger charge is -2.34. The molecule has 3 heterocycles. The van der Waals surface area contributed by atoms with Gasteiger partial charge in [0.25, 0.3) is 5.56 Å². The SMILES string of the molecule is Nc1nc2c(ncn2C2(C=O)OC(CO)C(O)C2(O)C=O)c(=O)[nH]1. The summed E-state index contributed by atoms with van der Waals surface area (Å²) >= 11 is 0. The van der Waals surface area contributed by atoms with Crippen molar-refractivity contribution in [1.82, 2.24) is 19.5 Å². The van der Waals surface area contributed by atoms with E-state index in [1.165, 1.54) is 0 Å². The number of fused-ring (bicyclic) bond motifs is 1. The molecule has 3 rings (SSSR count). The van der Waals surface area contributed by atoms with Crippen molar-refractivity contribution in [3.8, 4) is 0 Å². The van der Waals surface area contributed by atoms with Crippen LogP contribution in [0.25, 0.3) is 11.2 Å². The number of aromatic nitrogens is 4. The molecule has 12 heteroatoms. The van der Waals surface area contributed by atoms with Gasteiger partial charge in [0.15, 0.2) is 23.7 Å². The van der Waals surface area contributed by atoms with Gasteiger partial charge in [-0.25, -0.2) is 4.98 Å². The summed E-state index contributed by atoms with van der Waals surface area (Å²) < 4.78 is 6.09. The topological polar surface area (TPSA) is 194 Å². The normalized spacial score (nSPS) is 33.0. The molecule has 4 atom stereocenters. The first kappa shape index (κ1) is 16.2. The standard InChI is InChI=1S/C12H13N5O7/c13-10-15-8-6(9(22)16-10)14-4-17(8)12(3-20)11(23,2-19)7(21)5(1-18)24-12/h2-5,7,18,21,23H,1H2,(H3,13,15,16,22). The van der Waals surface area contributed by atoms with Gasteiger partial charge in [0.1, 0.15) is 18.5 Å². The van der Waals surface area contributed by atoms with Gasteiger partial charge < -0.3 is 25.8 Å². The van der Waals surface area contributed by atoms with Gasteiger partial charge in [-0.1, -0.05) is 0 Å². The molecule has 1 saturated heterocycles. The third kappa shape index (κ3) is 1.78. The number of aliphatic hydroxyl groups excluding tert-OH is 2. The van der Waals surface area contributed by atoms with Crippen LogP contribution in [0.15, 0.2) is 11.1 Å². The van der Waals surface area contributed by atoms with Gasteiger partial charge in [0.05, 0.1) is 6.61 Å². The van der Waals surface area contributed by atoms with E-state index in [9.17, 15) is 29.7 Å². The Balaban J connectivity index is 2.35. The largest absolute Gasteiger partial charge is 0.394 e. The summed E-state index contributed by atoms with van der Waals surface area (Å²) in [6.07, 6.45) is -2.45. The van der Waals surface area contributed by atoms with Gasteiger partial charge in [0, 0.05) is 0 Å². The fourth-order valence-electron chi connectivity index (χ4n) is 2.77. The molecule has 24 heavy (non-hydrogen) atoms. The second-order valence-corrected chi connectivity index (χ2v) is 5.28. The monoisotopic (exact) mass is 339 g/mol. The third-order valence-corrected chi connectivity index (χ3v) is 4.01. The Morgan fingerprint density at radius 2 is 2.17 bits per heavy atom. The highest BCUT2D eigenvalue weighted by atomic mass is 16.6. The van der Waals surface area contributed by atoms with Crippen molar-refractivity contribution >= 4 is 29.7 Å². The van der Waals surface area contributed by atoms with Crippen molar-refractivity contribution in [2.45, 2.75) is 23.5 Å². The number of imidazole rings is 1. The van der Waals surface area contributed by atoms with Gasteiger partial charge in [-0.2, -0.15) is 4.98 Å². The molecule has 0 bridgehead atoms. The van der Waals surface area contributed by atoms with Crippen LogP contribution in [0.5, 0.6) is 0 Å². The molecule has 2 aromatic rings. The predicted molar refractivity (Wildman–Crippen MR) is 75.6 cm³/mol. The van der Waals surface area contributed by atoms with Crippen LogP contribution in [0, 0.1) is 0 Å². The quantitative estimate of drug-likeness (QED) is 0.345. The molecular weight excluding hydrogens is 326 g/mol. The van der Waals surface area contributed by atoms with Gasteiger partial charge in [0.2, 0.25) is 17.3 Å². The zero-order valence-corrected chi connectivity index (χ0v) is 12.0. The van der Waals surface area contributed by atoms with Crippen LogP contribution in [0.1, 0.15) is 0 Å². The predicted octanol–water partition coefficient (Wildman–Crippen LogP) is -3.76. The minimum Gasteiger partial charge on any atom is -0.394 e. The number of nitrogens with one attached hydrogen (secondary N) is 1. The number of aromatic amines is 1. The van der Waals surface area contributed by atoms with Crippen LogP contribution in [0.4, 0.5) is 5.95 Å². The van der Waals surface area contributed by atoms with Gasteiger partial charge >= 0.3 is 0 Å². The maximum Gasteiger partial charge on any atom is 0.280 e. The number of aliphatic hydroxyl groups is 3. The highest BCUT2D eigenvalue weighted by Gasteiger charge is 2.67. The van der Waals surface area contributed by atoms with Crippen molar-refractivity contribution in [2.75, 3.05) is 12.3 Å². The van der Waals surface area contributed by atoms with Crippen molar-refractivity contribution in [2.24, 2.45) is 0 Å². The first-order chi connectivity index (χ1) is 11.3. The molecule has 0 aliphatic carbocycles. The van der Waals surface area contributed by atoms with E-state index in [1.807, 2.05) is 0 Å². The zero-order valence-electron chi connectivity index (χ0n) is 12.0. The van der Waals surface area contributed by atoms with Crippen LogP contribution in [0.3, 0.4) is 0 Å². The Kier molecular flexibility index (Phi) is 3.49. The molecular formula is C12H13N5O7. The Morgan fingerprint density at radius 1 is 1.46 bits per heavy atom. The zero-order chi connectivity index (χ0) is 17.7. The number of nitrogens with zero attached hydrogens (tertiary/aromatic N) is 3. The van der Waals surface area contributed by atoms with E-state index in [0.29, 0.717) is 0 Å². The fourth-order valence-corrected chi connectivity index (χ4v) is 2.77. The molecule has 0 aromatic carbocycles. The molecule has 0 spiro atoms. The van der Waals surface area contributed by atoms with E-state index < -0.39 is 35.7 Å². The first-order valence-electron chi connectivity index (χ1n) is 6.69. The number of H-pyrrole nitrogens is 1. The summed E-state index contributed by atoms with van der Waals surface area (Å²) in [6, 6.07) is 0. The number of carbonyl (C=O) groups excluding carboxylic acids is 2. The fraction of sp³-hybridized carbons (Fsp3) is 0.417. The number of anilines is 1. The van der Waals surface area contributed by atoms with Crippen LogP contribution in [-0.4, -0.2) is 71.8 Å². The Labute approximate surface area is 132 Å². The first-order valence-corrected chi connectivity index (χ1v) is 6.69. The number of hydrogen-bond donors (Lipinski definition) is 5. The highest BCUT2D eigenvalue weighted by molar-refractivity contribution is 5.81. The highest BCUT2D eigenvalue weighted by Crippen LogP contribution is 2.42. The smallest absolute Gasteiger partial charge is 0.280 e. The number of nitrogens with two attached hydrogens (primary N) is 1. The van der Waals surface area contributed by atoms with E-state index in [-0.39, 0.29) is 29.7 Å². The molecule has 1 aliphatic rings. The molecule has 1 aliphatic heterocycles. The van der Waals surface area contributed by atoms with Crippen molar-refractivity contribution < 1.29 is 29.6 Å². The summed E-state index contributed by atoms with van der Waals surface area (Å²) in [5, 5.41) is 29.9. The molecule has 128 valence electrons. The Morgan fingerprint density at radius 3 is 2.75 bits per heavy atom. The number of carbonyl (C=O) groups is 2. The van der Waals surface area contributed by atoms with Crippen molar-refractivity contribution in [1.29, 1.82) is 0 Å². The lowest BCUT2D eigenvalue weighted by Crippen LogP contribution is -2.59. The Bertz CT molecular complexity index is 878. The second kappa shape index (κ2) is 5.17. The molecule has 1 fully saturated rings. The van der Waals surface area contributed by atoms with Gasteiger partial charge in [-0.15, -0.1) is 0 Å². The van der Waals surface area contributed by atoms with E-state index >= 15 is 0 Å². The molecule has 0 saturated carbocycles. The maximum atomic E-state index is 11.8.